The van der Waals surface area contributed by atoms with Crippen LogP contribution in [-0.2, 0) is 5.41 Å². The van der Waals surface area contributed by atoms with Crippen molar-refractivity contribution in [1.82, 2.24) is 0 Å². The summed E-state index contributed by atoms with van der Waals surface area (Å²) >= 11 is 0. The highest BCUT2D eigenvalue weighted by Crippen LogP contribution is 2.37. The molecule has 0 nitrogen and oxygen atoms in total. The first-order valence-electron chi connectivity index (χ1n) is 6.82. The fraction of sp³-hybridized carbons (Fsp3) is 0.211. The average molecular weight is 247 g/mol. The minimum Gasteiger partial charge on any atom is -0.0754 e. The lowest BCUT2D eigenvalue weighted by Gasteiger charge is -2.24. The molecule has 2 aromatic rings. The Labute approximate surface area is 115 Å². The predicted molar refractivity (Wildman–Crippen MR) is 83.0 cm³/mol. The van der Waals surface area contributed by atoms with Crippen molar-refractivity contribution >= 4 is 6.08 Å². The van der Waals surface area contributed by atoms with Gasteiger partial charge in [0.25, 0.3) is 0 Å². The molecular formula is C19H19. The summed E-state index contributed by atoms with van der Waals surface area (Å²) in [6.45, 7) is 6.82. The Bertz CT molecular complexity index is 639. The molecule has 1 aliphatic carbocycles. The Balaban J connectivity index is 2.24. The van der Waals surface area contributed by atoms with E-state index in [1.165, 1.54) is 27.8 Å². The third-order valence-electron chi connectivity index (χ3n) is 3.70. The minimum atomic E-state index is 0.158. The van der Waals surface area contributed by atoms with Crippen molar-refractivity contribution in [3.05, 3.63) is 71.7 Å². The number of rotatable bonds is 1. The average Bonchev–Trinajstić information content (AvgIpc) is 2.85. The van der Waals surface area contributed by atoms with Crippen LogP contribution in [0.2, 0.25) is 0 Å². The highest BCUT2D eigenvalue weighted by Gasteiger charge is 2.20. The molecule has 95 valence electrons. The van der Waals surface area contributed by atoms with Crippen molar-refractivity contribution in [2.45, 2.75) is 26.2 Å². The molecule has 3 rings (SSSR count). The molecule has 19 heavy (non-hydrogen) atoms. The van der Waals surface area contributed by atoms with Gasteiger partial charge in [-0.15, -0.1) is 0 Å². The van der Waals surface area contributed by atoms with Gasteiger partial charge >= 0.3 is 0 Å². The van der Waals surface area contributed by atoms with Gasteiger partial charge in [-0.1, -0.05) is 75.4 Å². The van der Waals surface area contributed by atoms with Crippen molar-refractivity contribution in [1.29, 1.82) is 0 Å². The molecule has 0 saturated heterocycles. The summed E-state index contributed by atoms with van der Waals surface area (Å²) in [5.41, 5.74) is 6.93. The molecule has 0 heteroatoms. The lowest BCUT2D eigenvalue weighted by atomic mass is 9.81. The SMILES string of the molecule is CC(C)(C)c1ccccc1-c1cccc2c1C=C[CH]2. The standard InChI is InChI=1S/C19H19/c1-19(2,3)18-13-5-4-10-17(18)16-12-7-9-14-8-6-11-15(14)16/h4-13H,1-3H3. The maximum atomic E-state index is 2.27. The fourth-order valence-electron chi connectivity index (χ4n) is 2.77. The van der Waals surface area contributed by atoms with Crippen molar-refractivity contribution in [3.63, 3.8) is 0 Å². The maximum absolute atomic E-state index is 2.27. The van der Waals surface area contributed by atoms with Crippen LogP contribution in [0.3, 0.4) is 0 Å². The summed E-state index contributed by atoms with van der Waals surface area (Å²) in [7, 11) is 0. The zero-order valence-corrected chi connectivity index (χ0v) is 11.8. The number of allylic oxidation sites excluding steroid dienone is 1. The number of fused-ring (bicyclic) bond motifs is 1. The summed E-state index contributed by atoms with van der Waals surface area (Å²) in [5, 5.41) is 0. The molecule has 0 saturated carbocycles. The Hall–Kier alpha value is -1.82. The largest absolute Gasteiger partial charge is 0.0754 e. The van der Waals surface area contributed by atoms with Crippen LogP contribution in [0.15, 0.2) is 48.5 Å². The predicted octanol–water partition coefficient (Wildman–Crippen LogP) is 5.23. The highest BCUT2D eigenvalue weighted by atomic mass is 14.2. The van der Waals surface area contributed by atoms with Crippen molar-refractivity contribution in [2.24, 2.45) is 0 Å². The van der Waals surface area contributed by atoms with Gasteiger partial charge in [-0.25, -0.2) is 0 Å². The van der Waals surface area contributed by atoms with Crippen molar-refractivity contribution in [2.75, 3.05) is 0 Å². The lowest BCUT2D eigenvalue weighted by Crippen LogP contribution is -2.12. The quantitative estimate of drug-likeness (QED) is 0.647. The molecule has 0 spiro atoms. The van der Waals surface area contributed by atoms with Gasteiger partial charge in [0.05, 0.1) is 0 Å². The van der Waals surface area contributed by atoms with Gasteiger partial charge in [0.1, 0.15) is 0 Å². The Morgan fingerprint density at radius 3 is 2.32 bits per heavy atom. The van der Waals surface area contributed by atoms with E-state index in [1.807, 2.05) is 0 Å². The molecule has 0 heterocycles. The Kier molecular flexibility index (Phi) is 2.82. The molecule has 0 unspecified atom stereocenters. The zero-order chi connectivity index (χ0) is 13.5. The number of benzene rings is 2. The molecule has 0 N–H and O–H groups in total. The maximum Gasteiger partial charge on any atom is 0.0131 e. The van der Waals surface area contributed by atoms with Crippen LogP contribution >= 0.6 is 0 Å². The zero-order valence-electron chi connectivity index (χ0n) is 11.8. The van der Waals surface area contributed by atoms with Crippen LogP contribution in [0.1, 0.15) is 37.5 Å². The highest BCUT2D eigenvalue weighted by molar-refractivity contribution is 5.83. The van der Waals surface area contributed by atoms with E-state index >= 15 is 0 Å². The molecule has 0 fully saturated rings. The van der Waals surface area contributed by atoms with Crippen molar-refractivity contribution in [3.8, 4) is 11.1 Å². The van der Waals surface area contributed by atoms with E-state index in [4.69, 9.17) is 0 Å². The van der Waals surface area contributed by atoms with E-state index < -0.39 is 0 Å². The Morgan fingerprint density at radius 2 is 1.53 bits per heavy atom. The van der Waals surface area contributed by atoms with Gasteiger partial charge in [-0.2, -0.15) is 0 Å². The van der Waals surface area contributed by atoms with Crippen LogP contribution < -0.4 is 0 Å². The molecule has 0 aliphatic heterocycles. The van der Waals surface area contributed by atoms with E-state index in [9.17, 15) is 0 Å². The van der Waals surface area contributed by atoms with Crippen molar-refractivity contribution < 1.29 is 0 Å². The van der Waals surface area contributed by atoms with Crippen LogP contribution in [0.4, 0.5) is 0 Å². The first-order valence-corrected chi connectivity index (χ1v) is 6.82. The van der Waals surface area contributed by atoms with Gasteiger partial charge in [-0.05, 0) is 33.2 Å². The van der Waals surface area contributed by atoms with E-state index in [0.29, 0.717) is 0 Å². The normalized spacial score (nSPS) is 13.6. The second-order valence-electron chi connectivity index (χ2n) is 6.13. The number of hydrogen-bond acceptors (Lipinski definition) is 0. The molecule has 2 aromatic carbocycles. The summed E-state index contributed by atoms with van der Waals surface area (Å²) in [6.07, 6.45) is 6.52. The second-order valence-corrected chi connectivity index (χ2v) is 6.13. The smallest absolute Gasteiger partial charge is 0.0131 e. The summed E-state index contributed by atoms with van der Waals surface area (Å²) in [4.78, 5) is 0. The summed E-state index contributed by atoms with van der Waals surface area (Å²) in [6, 6.07) is 15.3. The molecule has 0 amide bonds. The first kappa shape index (κ1) is 12.2. The van der Waals surface area contributed by atoms with Gasteiger partial charge in [0.15, 0.2) is 0 Å². The third-order valence-corrected chi connectivity index (χ3v) is 3.70. The fourth-order valence-corrected chi connectivity index (χ4v) is 2.77. The molecule has 0 atom stereocenters. The van der Waals surface area contributed by atoms with Gasteiger partial charge in [0.2, 0.25) is 0 Å². The van der Waals surface area contributed by atoms with Crippen LogP contribution in [0.25, 0.3) is 17.2 Å². The minimum absolute atomic E-state index is 0.158. The van der Waals surface area contributed by atoms with E-state index in [2.05, 4.69) is 81.8 Å². The van der Waals surface area contributed by atoms with E-state index in [0.717, 1.165) is 0 Å². The van der Waals surface area contributed by atoms with Gasteiger partial charge in [0, 0.05) is 6.42 Å². The molecule has 0 bridgehead atoms. The van der Waals surface area contributed by atoms with E-state index in [1.54, 1.807) is 0 Å². The summed E-state index contributed by atoms with van der Waals surface area (Å²) < 4.78 is 0. The first-order chi connectivity index (χ1) is 9.07. The van der Waals surface area contributed by atoms with Gasteiger partial charge < -0.3 is 0 Å². The van der Waals surface area contributed by atoms with Gasteiger partial charge in [-0.3, -0.25) is 0 Å². The Morgan fingerprint density at radius 1 is 0.789 bits per heavy atom. The third kappa shape index (κ3) is 2.12. The lowest BCUT2D eigenvalue weighted by molar-refractivity contribution is 0.592. The number of hydrogen-bond donors (Lipinski definition) is 0. The monoisotopic (exact) mass is 247 g/mol. The topological polar surface area (TPSA) is 0 Å². The summed E-state index contributed by atoms with van der Waals surface area (Å²) in [5.74, 6) is 0. The van der Waals surface area contributed by atoms with Crippen LogP contribution in [0.5, 0.6) is 0 Å². The van der Waals surface area contributed by atoms with Crippen LogP contribution in [-0.4, -0.2) is 0 Å². The molecule has 1 radical (unpaired) electrons. The second kappa shape index (κ2) is 4.38. The molecule has 0 aromatic heterocycles. The molecule has 1 aliphatic rings. The van der Waals surface area contributed by atoms with E-state index in [-0.39, 0.29) is 5.41 Å². The molecular weight excluding hydrogens is 228 g/mol. The van der Waals surface area contributed by atoms with Crippen LogP contribution in [0, 0.1) is 6.42 Å².